The van der Waals surface area contributed by atoms with Crippen LogP contribution in [0.15, 0.2) is 35.2 Å². The molecule has 0 spiro atoms. The molecular formula is C26H36N6O5S. The molecule has 2 aliphatic heterocycles. The number of piperidine rings is 1. The third-order valence-corrected chi connectivity index (χ3v) is 9.41. The molecule has 2 fully saturated rings. The van der Waals surface area contributed by atoms with Gasteiger partial charge >= 0.3 is 0 Å². The number of nitrogens with two attached hydrogens (primary N) is 1. The summed E-state index contributed by atoms with van der Waals surface area (Å²) in [5.41, 5.74) is 6.62. The molecule has 5 N–H and O–H groups in total. The van der Waals surface area contributed by atoms with Gasteiger partial charge in [0.1, 0.15) is 6.29 Å². The number of aliphatic hydroxyl groups is 1. The van der Waals surface area contributed by atoms with Crippen molar-refractivity contribution in [3.8, 4) is 0 Å². The van der Waals surface area contributed by atoms with Crippen LogP contribution in [0.4, 0.5) is 0 Å². The van der Waals surface area contributed by atoms with Gasteiger partial charge in [-0.2, -0.15) is 0 Å². The summed E-state index contributed by atoms with van der Waals surface area (Å²) in [7, 11) is -4.34. The number of sulfonamides is 1. The van der Waals surface area contributed by atoms with Crippen molar-refractivity contribution in [2.75, 3.05) is 32.7 Å². The molecule has 0 bridgehead atoms. The number of amides is 1. The van der Waals surface area contributed by atoms with E-state index in [2.05, 4.69) is 5.32 Å². The van der Waals surface area contributed by atoms with Gasteiger partial charge in [-0.05, 0) is 55.0 Å². The zero-order chi connectivity index (χ0) is 27.4. The average molecular weight is 545 g/mol. The summed E-state index contributed by atoms with van der Waals surface area (Å²) in [4.78, 5) is 24.5. The molecule has 206 valence electrons. The minimum atomic E-state index is -4.34. The first-order valence-corrected chi connectivity index (χ1v) is 14.4. The van der Waals surface area contributed by atoms with Crippen molar-refractivity contribution in [2.24, 2.45) is 5.73 Å². The SMILES string of the molecule is CC(O)c1c(S(=O)(=O)N(CC=O)N2CCCC2CNC=O)c(C2CCCN(C(=N)N)C2)cc2ccccc12. The van der Waals surface area contributed by atoms with Crippen LogP contribution in [0.5, 0.6) is 0 Å². The van der Waals surface area contributed by atoms with E-state index in [4.69, 9.17) is 11.1 Å². The van der Waals surface area contributed by atoms with Crippen molar-refractivity contribution in [1.82, 2.24) is 19.6 Å². The fourth-order valence-corrected chi connectivity index (χ4v) is 7.89. The van der Waals surface area contributed by atoms with E-state index in [1.54, 1.807) is 29.0 Å². The molecule has 2 saturated heterocycles. The van der Waals surface area contributed by atoms with Crippen molar-refractivity contribution < 1.29 is 23.1 Å². The molecular weight excluding hydrogens is 508 g/mol. The highest BCUT2D eigenvalue weighted by molar-refractivity contribution is 7.89. The Morgan fingerprint density at radius 3 is 2.68 bits per heavy atom. The summed E-state index contributed by atoms with van der Waals surface area (Å²) in [5, 5.41) is 24.6. The molecule has 12 heteroatoms. The predicted molar refractivity (Wildman–Crippen MR) is 144 cm³/mol. The molecule has 4 rings (SSSR count). The van der Waals surface area contributed by atoms with E-state index < -0.39 is 22.7 Å². The Labute approximate surface area is 223 Å². The van der Waals surface area contributed by atoms with E-state index in [-0.39, 0.29) is 34.9 Å². The van der Waals surface area contributed by atoms with Gasteiger partial charge in [0.05, 0.1) is 17.5 Å². The first kappa shape index (κ1) is 28.0. The highest BCUT2D eigenvalue weighted by atomic mass is 32.2. The molecule has 2 aromatic carbocycles. The largest absolute Gasteiger partial charge is 0.389 e. The monoisotopic (exact) mass is 544 g/mol. The van der Waals surface area contributed by atoms with Gasteiger partial charge in [-0.15, -0.1) is 4.41 Å². The topological polar surface area (TPSA) is 160 Å². The second kappa shape index (κ2) is 11.8. The summed E-state index contributed by atoms with van der Waals surface area (Å²) >= 11 is 0. The number of hydrazine groups is 1. The summed E-state index contributed by atoms with van der Waals surface area (Å²) in [5.74, 6) is -0.329. The summed E-state index contributed by atoms with van der Waals surface area (Å²) in [6.07, 6.45) is 2.81. The molecule has 38 heavy (non-hydrogen) atoms. The van der Waals surface area contributed by atoms with Gasteiger partial charge in [0, 0.05) is 43.7 Å². The lowest BCUT2D eigenvalue weighted by Gasteiger charge is -2.38. The van der Waals surface area contributed by atoms with Crippen molar-refractivity contribution in [3.05, 3.63) is 41.5 Å². The Morgan fingerprint density at radius 2 is 2.00 bits per heavy atom. The maximum atomic E-state index is 14.6. The maximum absolute atomic E-state index is 14.6. The summed E-state index contributed by atoms with van der Waals surface area (Å²) < 4.78 is 30.3. The van der Waals surface area contributed by atoms with Gasteiger partial charge < -0.3 is 25.9 Å². The highest BCUT2D eigenvalue weighted by Crippen LogP contribution is 2.41. The van der Waals surface area contributed by atoms with Gasteiger partial charge in [0.15, 0.2) is 5.96 Å². The summed E-state index contributed by atoms with van der Waals surface area (Å²) in [6.45, 7) is 2.80. The van der Waals surface area contributed by atoms with Crippen LogP contribution in [-0.2, 0) is 19.6 Å². The molecule has 3 unspecified atom stereocenters. The average Bonchev–Trinajstić information content (AvgIpc) is 3.37. The first-order chi connectivity index (χ1) is 18.2. The smallest absolute Gasteiger partial charge is 0.257 e. The molecule has 0 saturated carbocycles. The van der Waals surface area contributed by atoms with Gasteiger partial charge in [-0.1, -0.05) is 24.3 Å². The number of nitrogens with one attached hydrogen (secondary N) is 2. The predicted octanol–water partition coefficient (Wildman–Crippen LogP) is 1.28. The van der Waals surface area contributed by atoms with Crippen LogP contribution in [0.1, 0.15) is 55.8 Å². The molecule has 2 aromatic rings. The second-order valence-electron chi connectivity index (χ2n) is 9.94. The molecule has 1 amide bonds. The number of hydrogen-bond donors (Lipinski definition) is 4. The van der Waals surface area contributed by atoms with Crippen LogP contribution < -0.4 is 11.1 Å². The van der Waals surface area contributed by atoms with E-state index in [0.29, 0.717) is 62.5 Å². The quantitative estimate of drug-likeness (QED) is 0.198. The van der Waals surface area contributed by atoms with E-state index in [0.717, 1.165) is 16.2 Å². The van der Waals surface area contributed by atoms with Gasteiger partial charge in [-0.3, -0.25) is 10.2 Å². The number of hydrogen-bond acceptors (Lipinski definition) is 7. The van der Waals surface area contributed by atoms with Crippen molar-refractivity contribution in [1.29, 1.82) is 5.41 Å². The summed E-state index contributed by atoms with van der Waals surface area (Å²) in [6, 6.07) is 8.90. The molecule has 0 radical (unpaired) electrons. The number of aliphatic hydroxyl groups excluding tert-OH is 1. The minimum absolute atomic E-state index is 0.00236. The number of fused-ring (bicyclic) bond motifs is 1. The number of likely N-dealkylation sites (tertiary alicyclic amines) is 1. The molecule has 3 atom stereocenters. The maximum Gasteiger partial charge on any atom is 0.257 e. The molecule has 0 aliphatic carbocycles. The Balaban J connectivity index is 1.94. The second-order valence-corrected chi connectivity index (χ2v) is 11.7. The Bertz CT molecular complexity index is 1300. The fourth-order valence-electron chi connectivity index (χ4n) is 5.85. The van der Waals surface area contributed by atoms with E-state index >= 15 is 0 Å². The van der Waals surface area contributed by atoms with Crippen LogP contribution in [0, 0.1) is 5.41 Å². The van der Waals surface area contributed by atoms with E-state index in [1.165, 1.54) is 0 Å². The number of carbonyl (C=O) groups is 2. The zero-order valence-electron chi connectivity index (χ0n) is 21.5. The third kappa shape index (κ3) is 5.39. The number of benzene rings is 2. The van der Waals surface area contributed by atoms with Crippen molar-refractivity contribution in [3.63, 3.8) is 0 Å². The number of aldehydes is 1. The lowest BCUT2D eigenvalue weighted by Crippen LogP contribution is -2.52. The molecule has 2 heterocycles. The van der Waals surface area contributed by atoms with Crippen LogP contribution in [0.3, 0.4) is 0 Å². The minimum Gasteiger partial charge on any atom is -0.389 e. The number of nitrogens with zero attached hydrogens (tertiary/aromatic N) is 3. The first-order valence-electron chi connectivity index (χ1n) is 12.9. The Hall–Kier alpha value is -3.06. The third-order valence-electron chi connectivity index (χ3n) is 7.52. The van der Waals surface area contributed by atoms with E-state index in [1.807, 2.05) is 18.2 Å². The van der Waals surface area contributed by atoms with Crippen LogP contribution in [-0.4, -0.2) is 85.3 Å². The van der Waals surface area contributed by atoms with E-state index in [9.17, 15) is 23.1 Å². The van der Waals surface area contributed by atoms with Crippen LogP contribution in [0.25, 0.3) is 10.8 Å². The zero-order valence-corrected chi connectivity index (χ0v) is 22.4. The lowest BCUT2D eigenvalue weighted by molar-refractivity contribution is -0.112. The van der Waals surface area contributed by atoms with Gasteiger partial charge in [0.2, 0.25) is 6.41 Å². The number of guanidine groups is 1. The van der Waals surface area contributed by atoms with Crippen molar-refractivity contribution in [2.45, 2.75) is 55.6 Å². The molecule has 0 aromatic heterocycles. The molecule has 11 nitrogen and oxygen atoms in total. The van der Waals surface area contributed by atoms with Crippen molar-refractivity contribution >= 4 is 39.5 Å². The standard InChI is InChI=1S/C26H36N6O5S/c1-18(35)24-22-9-3-2-6-19(22)14-23(20-7-4-10-30(16-20)26(27)28)25(24)38(36,37)32(12-13-33)31-11-5-8-21(31)15-29-17-34/h2-3,6,9,13-14,17-18,20-21,35H,4-5,7-8,10-12,15-16H2,1H3,(H3,27,28)(H,29,34). The lowest BCUT2D eigenvalue weighted by atomic mass is 9.86. The fraction of sp³-hybridized carbons (Fsp3) is 0.500. The van der Waals surface area contributed by atoms with Gasteiger partial charge in [0.25, 0.3) is 10.0 Å². The Kier molecular flexibility index (Phi) is 8.66. The Morgan fingerprint density at radius 1 is 1.26 bits per heavy atom. The van der Waals surface area contributed by atoms with Crippen LogP contribution in [0.2, 0.25) is 0 Å². The van der Waals surface area contributed by atoms with Crippen LogP contribution >= 0.6 is 0 Å². The molecule has 2 aliphatic rings. The number of carbonyl (C=O) groups excluding carboxylic acids is 2. The normalized spacial score (nSPS) is 21.5. The highest BCUT2D eigenvalue weighted by Gasteiger charge is 2.41. The number of rotatable bonds is 10. The van der Waals surface area contributed by atoms with Gasteiger partial charge in [-0.25, -0.2) is 13.4 Å².